The van der Waals surface area contributed by atoms with Crippen LogP contribution in [-0.2, 0) is 29.0 Å². The maximum atomic E-state index is 12.4. The first-order valence-electron chi connectivity index (χ1n) is 11.0. The van der Waals surface area contributed by atoms with Crippen molar-refractivity contribution in [1.29, 1.82) is 0 Å². The number of nitrogens with one attached hydrogen (secondary N) is 1. The van der Waals surface area contributed by atoms with Gasteiger partial charge in [-0.2, -0.15) is 5.10 Å². The van der Waals surface area contributed by atoms with Crippen molar-refractivity contribution in [3.8, 4) is 0 Å². The maximum Gasteiger partial charge on any atom is 0.345 e. The largest absolute Gasteiger partial charge is 0.385 e. The second kappa shape index (κ2) is 13.3. The average Bonchev–Trinajstić information content (AvgIpc) is 3.08. The Balaban J connectivity index is 0.00000320. The first kappa shape index (κ1) is 25.1. The van der Waals surface area contributed by atoms with Crippen LogP contribution >= 0.6 is 24.0 Å². The van der Waals surface area contributed by atoms with Gasteiger partial charge in [0.2, 0.25) is 0 Å². The number of likely N-dealkylation sites (tertiary alicyclic amines) is 1. The van der Waals surface area contributed by atoms with Gasteiger partial charge in [-0.25, -0.2) is 9.48 Å². The summed E-state index contributed by atoms with van der Waals surface area (Å²) in [6.07, 6.45) is 7.28. The molecule has 0 aliphatic carbocycles. The highest BCUT2D eigenvalue weighted by Crippen LogP contribution is 2.14. The number of aliphatic imine (C=N–C) groups is 1. The molecule has 3 rings (SSSR count). The fourth-order valence-corrected chi connectivity index (χ4v) is 4.04. The van der Waals surface area contributed by atoms with Gasteiger partial charge in [-0.05, 0) is 38.5 Å². The highest BCUT2D eigenvalue weighted by atomic mass is 127. The molecule has 0 bridgehead atoms. The smallest absolute Gasteiger partial charge is 0.345 e. The molecule has 0 aromatic carbocycles. The monoisotopic (exact) mass is 536 g/mol. The van der Waals surface area contributed by atoms with Crippen molar-refractivity contribution in [2.75, 3.05) is 47.0 Å². The van der Waals surface area contributed by atoms with Crippen LogP contribution < -0.4 is 11.0 Å². The van der Waals surface area contributed by atoms with Crippen molar-refractivity contribution in [1.82, 2.24) is 24.6 Å². The summed E-state index contributed by atoms with van der Waals surface area (Å²) >= 11 is 0. The molecule has 3 heterocycles. The van der Waals surface area contributed by atoms with Gasteiger partial charge in [0.05, 0.1) is 6.10 Å². The third-order valence-corrected chi connectivity index (χ3v) is 5.66. The number of nitrogens with zero attached hydrogens (tertiary/aromatic N) is 5. The number of guanidine groups is 1. The molecule has 0 unspecified atom stereocenters. The minimum atomic E-state index is 0. The van der Waals surface area contributed by atoms with E-state index in [0.29, 0.717) is 12.6 Å². The van der Waals surface area contributed by atoms with Crippen LogP contribution in [0, 0.1) is 0 Å². The van der Waals surface area contributed by atoms with Crippen LogP contribution in [0.15, 0.2) is 9.79 Å². The summed E-state index contributed by atoms with van der Waals surface area (Å²) in [6, 6.07) is 0. The third kappa shape index (κ3) is 6.94. The number of fused-ring (bicyclic) bond motifs is 1. The van der Waals surface area contributed by atoms with Crippen LogP contribution in [0.4, 0.5) is 0 Å². The minimum absolute atomic E-state index is 0. The zero-order valence-corrected chi connectivity index (χ0v) is 20.7. The number of halogens is 1. The van der Waals surface area contributed by atoms with Crippen LogP contribution in [-0.4, -0.2) is 78.3 Å². The van der Waals surface area contributed by atoms with Crippen molar-refractivity contribution in [3.63, 3.8) is 0 Å². The SMILES string of the molecule is CN=C(NCCCn1nc2n(c1=O)CCCC2)N1CCC(OCCCOC)CC1.I. The highest BCUT2D eigenvalue weighted by Gasteiger charge is 2.22. The first-order valence-corrected chi connectivity index (χ1v) is 11.0. The molecule has 1 fully saturated rings. The maximum absolute atomic E-state index is 12.4. The number of hydrogen-bond donors (Lipinski definition) is 1. The quantitative estimate of drug-likeness (QED) is 0.223. The van der Waals surface area contributed by atoms with Crippen molar-refractivity contribution in [2.24, 2.45) is 4.99 Å². The van der Waals surface area contributed by atoms with Crippen LogP contribution in [0.25, 0.3) is 0 Å². The van der Waals surface area contributed by atoms with E-state index < -0.39 is 0 Å². The van der Waals surface area contributed by atoms with Crippen molar-refractivity contribution < 1.29 is 9.47 Å². The van der Waals surface area contributed by atoms with Gasteiger partial charge in [0.25, 0.3) is 0 Å². The van der Waals surface area contributed by atoms with Gasteiger partial charge in [-0.15, -0.1) is 24.0 Å². The van der Waals surface area contributed by atoms with Gasteiger partial charge in [0.1, 0.15) is 5.82 Å². The van der Waals surface area contributed by atoms with Gasteiger partial charge in [0, 0.05) is 66.5 Å². The third-order valence-electron chi connectivity index (χ3n) is 5.66. The zero-order valence-electron chi connectivity index (χ0n) is 18.3. The van der Waals surface area contributed by atoms with Crippen molar-refractivity contribution in [2.45, 2.75) is 64.1 Å². The van der Waals surface area contributed by atoms with E-state index >= 15 is 0 Å². The van der Waals surface area contributed by atoms with Gasteiger partial charge in [-0.3, -0.25) is 9.56 Å². The molecular weight excluding hydrogens is 499 g/mol. The molecule has 2 aliphatic rings. The van der Waals surface area contributed by atoms with E-state index in [-0.39, 0.29) is 29.7 Å². The molecule has 10 heteroatoms. The molecular formula is C20H37IN6O3. The standard InChI is InChI=1S/C20H36N6O3.HI/c1-21-19(24-13-8-17(9-14-24)29-16-6-15-28-2)22-10-5-12-26-20(27)25-11-4-3-7-18(25)23-26;/h17H,3-16H2,1-2H3,(H,21,22);1H. The van der Waals surface area contributed by atoms with Crippen LogP contribution in [0.3, 0.4) is 0 Å². The van der Waals surface area contributed by atoms with Crippen LogP contribution in [0.1, 0.15) is 44.3 Å². The number of piperidine rings is 1. The molecule has 1 aromatic heterocycles. The van der Waals surface area contributed by atoms with Crippen LogP contribution in [0.2, 0.25) is 0 Å². The molecule has 0 atom stereocenters. The lowest BCUT2D eigenvalue weighted by Gasteiger charge is -2.34. The highest BCUT2D eigenvalue weighted by molar-refractivity contribution is 14.0. The predicted molar refractivity (Wildman–Crippen MR) is 128 cm³/mol. The topological polar surface area (TPSA) is 85.9 Å². The van der Waals surface area contributed by atoms with E-state index in [1.165, 1.54) is 0 Å². The minimum Gasteiger partial charge on any atom is -0.385 e. The summed E-state index contributed by atoms with van der Waals surface area (Å²) in [7, 11) is 3.54. The summed E-state index contributed by atoms with van der Waals surface area (Å²) in [5.74, 6) is 1.87. The van der Waals surface area contributed by atoms with E-state index in [0.717, 1.165) is 96.1 Å². The molecule has 2 aliphatic heterocycles. The molecule has 0 spiro atoms. The van der Waals surface area contributed by atoms with Gasteiger partial charge in [0.15, 0.2) is 5.96 Å². The number of ether oxygens (including phenoxy) is 2. The number of methoxy groups -OCH3 is 1. The number of aryl methyl sites for hydroxylation is 2. The molecule has 1 saturated heterocycles. The van der Waals surface area contributed by atoms with Gasteiger partial charge in [-0.1, -0.05) is 0 Å². The first-order chi connectivity index (χ1) is 14.2. The lowest BCUT2D eigenvalue weighted by molar-refractivity contribution is 0.00991. The fourth-order valence-electron chi connectivity index (χ4n) is 4.04. The fraction of sp³-hybridized carbons (Fsp3) is 0.850. The predicted octanol–water partition coefficient (Wildman–Crippen LogP) is 1.48. The molecule has 0 amide bonds. The van der Waals surface area contributed by atoms with Gasteiger partial charge < -0.3 is 19.7 Å². The summed E-state index contributed by atoms with van der Waals surface area (Å²) in [4.78, 5) is 19.1. The molecule has 0 radical (unpaired) electrons. The molecule has 30 heavy (non-hydrogen) atoms. The second-order valence-corrected chi connectivity index (χ2v) is 7.76. The van der Waals surface area contributed by atoms with Gasteiger partial charge >= 0.3 is 5.69 Å². The Kier molecular flexibility index (Phi) is 11.1. The normalized spacial score (nSPS) is 17.5. The Morgan fingerprint density at radius 1 is 1.20 bits per heavy atom. The molecule has 172 valence electrons. The van der Waals surface area contributed by atoms with E-state index in [2.05, 4.69) is 20.3 Å². The van der Waals surface area contributed by atoms with Crippen molar-refractivity contribution in [3.05, 3.63) is 16.3 Å². The Morgan fingerprint density at radius 3 is 2.70 bits per heavy atom. The number of rotatable bonds is 9. The van der Waals surface area contributed by atoms with E-state index in [9.17, 15) is 4.79 Å². The zero-order chi connectivity index (χ0) is 20.5. The molecule has 1 aromatic rings. The average molecular weight is 536 g/mol. The number of hydrogen-bond acceptors (Lipinski definition) is 5. The lowest BCUT2D eigenvalue weighted by atomic mass is 10.1. The summed E-state index contributed by atoms with van der Waals surface area (Å²) < 4.78 is 14.4. The van der Waals surface area contributed by atoms with E-state index in [1.54, 1.807) is 11.8 Å². The Hall–Kier alpha value is -1.14. The van der Waals surface area contributed by atoms with Crippen molar-refractivity contribution >= 4 is 29.9 Å². The Morgan fingerprint density at radius 2 is 2.00 bits per heavy atom. The Bertz CT molecular complexity index is 712. The summed E-state index contributed by atoms with van der Waals surface area (Å²) in [6.45, 7) is 5.63. The molecule has 0 saturated carbocycles. The van der Waals surface area contributed by atoms with E-state index in [4.69, 9.17) is 9.47 Å². The summed E-state index contributed by atoms with van der Waals surface area (Å²) in [5.41, 5.74) is 0.0386. The van der Waals surface area contributed by atoms with E-state index in [1.807, 2.05) is 11.6 Å². The summed E-state index contributed by atoms with van der Waals surface area (Å²) in [5, 5.41) is 7.93. The second-order valence-electron chi connectivity index (χ2n) is 7.76. The number of aromatic nitrogens is 3. The Labute approximate surface area is 196 Å². The van der Waals surface area contributed by atoms with Crippen LogP contribution in [0.5, 0.6) is 0 Å². The molecule has 9 nitrogen and oxygen atoms in total. The lowest BCUT2D eigenvalue weighted by Crippen LogP contribution is -2.47. The molecule has 1 N–H and O–H groups in total.